The summed E-state index contributed by atoms with van der Waals surface area (Å²) >= 11 is 13.0. The van der Waals surface area contributed by atoms with E-state index in [1.54, 1.807) is 25.1 Å². The molecule has 2 rings (SSSR count). The van der Waals surface area contributed by atoms with Gasteiger partial charge in [0.25, 0.3) is 5.56 Å². The molecule has 0 fully saturated rings. The molecule has 0 bridgehead atoms. The van der Waals surface area contributed by atoms with Crippen molar-refractivity contribution in [2.75, 3.05) is 17.7 Å². The molecule has 0 unspecified atom stereocenters. The number of carbonyl (C=O) groups is 1. The Kier molecular flexibility index (Phi) is 6.68. The lowest BCUT2D eigenvalue weighted by molar-refractivity contribution is -0.113. The number of carbonyl (C=O) groups excluding carboxylic acids is 1. The molecule has 0 spiro atoms. The molecule has 24 heavy (non-hydrogen) atoms. The van der Waals surface area contributed by atoms with Gasteiger partial charge in [0.2, 0.25) is 5.91 Å². The molecule has 1 aromatic carbocycles. The second kappa shape index (κ2) is 8.53. The number of aromatic amines is 1. The number of aliphatic hydroxyl groups is 1. The lowest BCUT2D eigenvalue weighted by Gasteiger charge is -2.08. The van der Waals surface area contributed by atoms with Crippen LogP contribution in [0.25, 0.3) is 0 Å². The molecule has 0 atom stereocenters. The van der Waals surface area contributed by atoms with Gasteiger partial charge in [0.1, 0.15) is 0 Å². The number of hydrogen-bond donors (Lipinski definition) is 3. The summed E-state index contributed by atoms with van der Waals surface area (Å²) in [6.07, 6.45) is 0.243. The highest BCUT2D eigenvalue weighted by atomic mass is 35.5. The maximum absolute atomic E-state index is 12.0. The Balaban J connectivity index is 2.02. The first-order valence-electron chi connectivity index (χ1n) is 6.99. The van der Waals surface area contributed by atoms with Gasteiger partial charge in [0, 0.05) is 24.3 Å². The van der Waals surface area contributed by atoms with Gasteiger partial charge in [-0.25, -0.2) is 4.98 Å². The first kappa shape index (κ1) is 18.8. The number of rotatable bonds is 6. The van der Waals surface area contributed by atoms with Crippen molar-refractivity contribution in [1.82, 2.24) is 9.97 Å². The maximum atomic E-state index is 12.0. The zero-order valence-electron chi connectivity index (χ0n) is 12.7. The van der Waals surface area contributed by atoms with Crippen LogP contribution in [0.4, 0.5) is 5.69 Å². The van der Waals surface area contributed by atoms with E-state index in [0.717, 1.165) is 11.8 Å². The highest BCUT2D eigenvalue weighted by molar-refractivity contribution is 7.99. The first-order valence-corrected chi connectivity index (χ1v) is 8.74. The van der Waals surface area contributed by atoms with Crippen molar-refractivity contribution in [1.29, 1.82) is 0 Å². The summed E-state index contributed by atoms with van der Waals surface area (Å²) in [4.78, 5) is 30.7. The van der Waals surface area contributed by atoms with Gasteiger partial charge in [0.15, 0.2) is 5.16 Å². The molecule has 3 N–H and O–H groups in total. The van der Waals surface area contributed by atoms with Gasteiger partial charge >= 0.3 is 0 Å². The van der Waals surface area contributed by atoms with Crippen LogP contribution in [0, 0.1) is 6.92 Å². The van der Waals surface area contributed by atoms with Gasteiger partial charge in [-0.05, 0) is 19.1 Å². The quantitative estimate of drug-likeness (QED) is 0.523. The SMILES string of the molecule is Cc1nc(SCC(=O)Nc2cccc(Cl)c2Cl)[nH]c(=O)c1CCO. The van der Waals surface area contributed by atoms with Gasteiger partial charge < -0.3 is 15.4 Å². The minimum Gasteiger partial charge on any atom is -0.396 e. The van der Waals surface area contributed by atoms with Crippen molar-refractivity contribution in [2.24, 2.45) is 0 Å². The fourth-order valence-corrected chi connectivity index (χ4v) is 3.03. The van der Waals surface area contributed by atoms with Gasteiger partial charge in [-0.3, -0.25) is 9.59 Å². The molecule has 2 aromatic rings. The van der Waals surface area contributed by atoms with Gasteiger partial charge in [0.05, 0.1) is 21.5 Å². The van der Waals surface area contributed by atoms with Crippen LogP contribution in [0.2, 0.25) is 10.0 Å². The molecule has 0 aliphatic carbocycles. The number of aliphatic hydroxyl groups excluding tert-OH is 1. The molecular formula is C15H15Cl2N3O3S. The van der Waals surface area contributed by atoms with Crippen molar-refractivity contribution < 1.29 is 9.90 Å². The van der Waals surface area contributed by atoms with E-state index in [4.69, 9.17) is 28.3 Å². The second-order valence-corrected chi connectivity index (χ2v) is 6.60. The molecule has 1 aromatic heterocycles. The molecule has 0 saturated carbocycles. The predicted octanol–water partition coefficient (Wildman–Crippen LogP) is 2.65. The number of nitrogens with one attached hydrogen (secondary N) is 2. The molecule has 0 aliphatic heterocycles. The Labute approximate surface area is 152 Å². The number of hydrogen-bond acceptors (Lipinski definition) is 5. The second-order valence-electron chi connectivity index (χ2n) is 4.85. The van der Waals surface area contributed by atoms with Crippen LogP contribution < -0.4 is 10.9 Å². The molecular weight excluding hydrogens is 373 g/mol. The highest BCUT2D eigenvalue weighted by Crippen LogP contribution is 2.29. The van der Waals surface area contributed by atoms with Crippen molar-refractivity contribution in [2.45, 2.75) is 18.5 Å². The zero-order chi connectivity index (χ0) is 17.7. The number of halogens is 2. The third-order valence-corrected chi connectivity index (χ3v) is 4.82. The molecule has 0 saturated heterocycles. The smallest absolute Gasteiger partial charge is 0.255 e. The van der Waals surface area contributed by atoms with E-state index < -0.39 is 0 Å². The number of H-pyrrole nitrogens is 1. The number of amides is 1. The van der Waals surface area contributed by atoms with E-state index in [1.165, 1.54) is 0 Å². The Bertz CT molecular complexity index is 811. The summed E-state index contributed by atoms with van der Waals surface area (Å²) in [5.41, 5.74) is 1.09. The number of nitrogens with zero attached hydrogens (tertiary/aromatic N) is 1. The molecule has 1 amide bonds. The molecule has 1 heterocycles. The van der Waals surface area contributed by atoms with Crippen molar-refractivity contribution in [3.63, 3.8) is 0 Å². The summed E-state index contributed by atoms with van der Waals surface area (Å²) in [7, 11) is 0. The average Bonchev–Trinajstić information content (AvgIpc) is 2.53. The van der Waals surface area contributed by atoms with Crippen LogP contribution in [0.3, 0.4) is 0 Å². The largest absolute Gasteiger partial charge is 0.396 e. The minimum atomic E-state index is -0.308. The van der Waals surface area contributed by atoms with Gasteiger partial charge in [-0.15, -0.1) is 0 Å². The lowest BCUT2D eigenvalue weighted by atomic mass is 10.2. The normalized spacial score (nSPS) is 10.7. The molecule has 9 heteroatoms. The van der Waals surface area contributed by atoms with Crippen LogP contribution in [0.1, 0.15) is 11.3 Å². The Morgan fingerprint density at radius 1 is 1.42 bits per heavy atom. The van der Waals surface area contributed by atoms with Crippen LogP contribution in [0.5, 0.6) is 0 Å². The number of aromatic nitrogens is 2. The predicted molar refractivity (Wildman–Crippen MR) is 96.2 cm³/mol. The van der Waals surface area contributed by atoms with Crippen LogP contribution in [-0.2, 0) is 11.2 Å². The van der Waals surface area contributed by atoms with E-state index in [2.05, 4.69) is 15.3 Å². The van der Waals surface area contributed by atoms with Gasteiger partial charge in [-0.2, -0.15) is 0 Å². The third kappa shape index (κ3) is 4.73. The monoisotopic (exact) mass is 387 g/mol. The fraction of sp³-hybridized carbons (Fsp3) is 0.267. The van der Waals surface area contributed by atoms with Crippen molar-refractivity contribution in [3.05, 3.63) is 49.9 Å². The van der Waals surface area contributed by atoms with Crippen molar-refractivity contribution in [3.8, 4) is 0 Å². The van der Waals surface area contributed by atoms with E-state index in [-0.39, 0.29) is 35.3 Å². The Morgan fingerprint density at radius 3 is 2.83 bits per heavy atom. The summed E-state index contributed by atoms with van der Waals surface area (Å²) in [6, 6.07) is 4.95. The average molecular weight is 388 g/mol. The number of thioether (sulfide) groups is 1. The Hall–Kier alpha value is -1.54. The third-order valence-electron chi connectivity index (χ3n) is 3.13. The summed E-state index contributed by atoms with van der Waals surface area (Å²) < 4.78 is 0. The van der Waals surface area contributed by atoms with Crippen molar-refractivity contribution >= 4 is 46.6 Å². The zero-order valence-corrected chi connectivity index (χ0v) is 15.1. The summed E-state index contributed by atoms with van der Waals surface area (Å²) in [6.45, 7) is 1.57. The van der Waals surface area contributed by atoms with E-state index in [0.29, 0.717) is 27.1 Å². The highest BCUT2D eigenvalue weighted by Gasteiger charge is 2.12. The Morgan fingerprint density at radius 2 is 2.17 bits per heavy atom. The van der Waals surface area contributed by atoms with Crippen LogP contribution >= 0.6 is 35.0 Å². The summed E-state index contributed by atoms with van der Waals surface area (Å²) in [5, 5.41) is 12.6. The van der Waals surface area contributed by atoms with E-state index in [1.807, 2.05) is 0 Å². The lowest BCUT2D eigenvalue weighted by Crippen LogP contribution is -2.19. The maximum Gasteiger partial charge on any atom is 0.255 e. The topological polar surface area (TPSA) is 95.1 Å². The first-order chi connectivity index (χ1) is 11.4. The molecule has 0 aliphatic rings. The van der Waals surface area contributed by atoms with E-state index in [9.17, 15) is 9.59 Å². The molecule has 128 valence electrons. The summed E-state index contributed by atoms with van der Waals surface area (Å²) in [5.74, 6) is -0.256. The fourth-order valence-electron chi connectivity index (χ4n) is 1.98. The van der Waals surface area contributed by atoms with E-state index >= 15 is 0 Å². The minimum absolute atomic E-state index is 0.0462. The number of benzene rings is 1. The van der Waals surface area contributed by atoms with Crippen LogP contribution in [0.15, 0.2) is 28.2 Å². The number of aryl methyl sites for hydroxylation is 1. The number of anilines is 1. The standard InChI is InChI=1S/C15H15Cl2N3O3S/c1-8-9(5-6-21)14(23)20-15(18-8)24-7-12(22)19-11-4-2-3-10(16)13(11)17/h2-4,21H,5-7H2,1H3,(H,19,22)(H,18,20,23). The molecule has 0 radical (unpaired) electrons. The van der Waals surface area contributed by atoms with Crippen LogP contribution in [-0.4, -0.2) is 33.3 Å². The van der Waals surface area contributed by atoms with Gasteiger partial charge in [-0.1, -0.05) is 41.0 Å². The molecule has 6 nitrogen and oxygen atoms in total.